The predicted molar refractivity (Wildman–Crippen MR) is 76.0 cm³/mol. The van der Waals surface area contributed by atoms with Gasteiger partial charge >= 0.3 is 6.18 Å². The number of amides is 1. The molecule has 0 radical (unpaired) electrons. The first-order valence-electron chi connectivity index (χ1n) is 7.55. The molecule has 1 aliphatic rings. The molecule has 0 atom stereocenters. The monoisotopic (exact) mass is 309 g/mol. The van der Waals surface area contributed by atoms with Crippen molar-refractivity contribution in [3.63, 3.8) is 0 Å². The Morgan fingerprint density at radius 2 is 1.90 bits per heavy atom. The van der Waals surface area contributed by atoms with E-state index in [0.29, 0.717) is 51.4 Å². The Hall–Kier alpha value is -0.820. The van der Waals surface area contributed by atoms with E-state index in [-0.39, 0.29) is 11.9 Å². The van der Waals surface area contributed by atoms with E-state index in [0.717, 1.165) is 0 Å². The van der Waals surface area contributed by atoms with Gasteiger partial charge in [0.2, 0.25) is 5.91 Å². The molecule has 0 unspecified atom stereocenters. The number of hydrogen-bond donors (Lipinski definition) is 2. The minimum Gasteiger partial charge on any atom is -0.356 e. The number of likely N-dealkylation sites (tertiary alicyclic amines) is 1. The zero-order valence-electron chi connectivity index (χ0n) is 12.8. The molecule has 0 saturated carbocycles. The van der Waals surface area contributed by atoms with Gasteiger partial charge in [-0.3, -0.25) is 9.69 Å². The summed E-state index contributed by atoms with van der Waals surface area (Å²) in [5, 5.41) is 6.10. The fourth-order valence-corrected chi connectivity index (χ4v) is 2.34. The molecular weight excluding hydrogens is 283 g/mol. The third-order valence-corrected chi connectivity index (χ3v) is 3.48. The number of carbonyl (C=O) groups excluding carboxylic acids is 1. The summed E-state index contributed by atoms with van der Waals surface area (Å²) < 4.78 is 36.8. The first-order valence-corrected chi connectivity index (χ1v) is 7.55. The van der Waals surface area contributed by atoms with Crippen LogP contribution in [0.5, 0.6) is 0 Å². The van der Waals surface area contributed by atoms with E-state index in [4.69, 9.17) is 0 Å². The van der Waals surface area contributed by atoms with Crippen LogP contribution in [0.1, 0.15) is 33.1 Å². The third-order valence-electron chi connectivity index (χ3n) is 3.48. The molecular formula is C14H26F3N3O. The molecule has 4 nitrogen and oxygen atoms in total. The van der Waals surface area contributed by atoms with Crippen LogP contribution in [-0.4, -0.2) is 55.7 Å². The molecule has 1 amide bonds. The molecule has 7 heteroatoms. The standard InChI is InChI=1S/C14H26F3N3O/c1-11(2)9-19-13(21)3-6-18-12-4-7-20(8-5-12)10-14(15,16)17/h11-12,18H,3-10H2,1-2H3,(H,19,21). The van der Waals surface area contributed by atoms with Gasteiger partial charge < -0.3 is 10.6 Å². The Balaban J connectivity index is 2.09. The SMILES string of the molecule is CC(C)CNC(=O)CCNC1CCN(CC(F)(F)F)CC1. The molecule has 0 aromatic rings. The van der Waals surface area contributed by atoms with Gasteiger partial charge in [-0.25, -0.2) is 0 Å². The van der Waals surface area contributed by atoms with E-state index in [1.165, 1.54) is 4.90 Å². The van der Waals surface area contributed by atoms with Crippen LogP contribution in [0.3, 0.4) is 0 Å². The van der Waals surface area contributed by atoms with Crippen LogP contribution in [-0.2, 0) is 4.79 Å². The van der Waals surface area contributed by atoms with Crippen molar-refractivity contribution in [3.8, 4) is 0 Å². The van der Waals surface area contributed by atoms with Crippen molar-refractivity contribution in [1.82, 2.24) is 15.5 Å². The fourth-order valence-electron chi connectivity index (χ4n) is 2.34. The molecule has 1 rings (SSSR count). The molecule has 0 aromatic heterocycles. The lowest BCUT2D eigenvalue weighted by Crippen LogP contribution is -2.46. The Labute approximate surface area is 124 Å². The lowest BCUT2D eigenvalue weighted by molar-refractivity contribution is -0.148. The first kappa shape index (κ1) is 18.2. The van der Waals surface area contributed by atoms with E-state index in [1.54, 1.807) is 0 Å². The van der Waals surface area contributed by atoms with Gasteiger partial charge in [-0.05, 0) is 31.8 Å². The maximum Gasteiger partial charge on any atom is 0.401 e. The predicted octanol–water partition coefficient (Wildman–Crippen LogP) is 1.76. The molecule has 0 spiro atoms. The summed E-state index contributed by atoms with van der Waals surface area (Å²) in [5.41, 5.74) is 0. The average molecular weight is 309 g/mol. The number of rotatable bonds is 7. The van der Waals surface area contributed by atoms with Gasteiger partial charge in [-0.1, -0.05) is 13.8 Å². The van der Waals surface area contributed by atoms with Crippen LogP contribution in [0.15, 0.2) is 0 Å². The minimum absolute atomic E-state index is 0.0192. The van der Waals surface area contributed by atoms with Gasteiger partial charge in [0.15, 0.2) is 0 Å². The van der Waals surface area contributed by atoms with Gasteiger partial charge in [0.25, 0.3) is 0 Å². The highest BCUT2D eigenvalue weighted by Gasteiger charge is 2.32. The molecule has 1 heterocycles. The molecule has 2 N–H and O–H groups in total. The van der Waals surface area contributed by atoms with Crippen LogP contribution in [0, 0.1) is 5.92 Å². The summed E-state index contributed by atoms with van der Waals surface area (Å²) in [6, 6.07) is 0.215. The first-order chi connectivity index (χ1) is 9.76. The van der Waals surface area contributed by atoms with Crippen molar-refractivity contribution >= 4 is 5.91 Å². The van der Waals surface area contributed by atoms with Crippen LogP contribution < -0.4 is 10.6 Å². The average Bonchev–Trinajstić information content (AvgIpc) is 2.37. The van der Waals surface area contributed by atoms with Gasteiger partial charge in [0.05, 0.1) is 6.54 Å². The molecule has 1 saturated heterocycles. The van der Waals surface area contributed by atoms with Crippen molar-refractivity contribution in [3.05, 3.63) is 0 Å². The lowest BCUT2D eigenvalue weighted by atomic mass is 10.0. The number of nitrogens with one attached hydrogen (secondary N) is 2. The summed E-state index contributed by atoms with van der Waals surface area (Å²) in [7, 11) is 0. The Bertz CT molecular complexity index is 313. The second-order valence-electron chi connectivity index (χ2n) is 6.07. The van der Waals surface area contributed by atoms with Crippen LogP contribution >= 0.6 is 0 Å². The highest BCUT2D eigenvalue weighted by Crippen LogP contribution is 2.19. The van der Waals surface area contributed by atoms with E-state index in [9.17, 15) is 18.0 Å². The molecule has 21 heavy (non-hydrogen) atoms. The summed E-state index contributed by atoms with van der Waals surface area (Å²) >= 11 is 0. The molecule has 1 aliphatic heterocycles. The van der Waals surface area contributed by atoms with Crippen LogP contribution in [0.2, 0.25) is 0 Å². The molecule has 0 aliphatic carbocycles. The van der Waals surface area contributed by atoms with Crippen molar-refractivity contribution < 1.29 is 18.0 Å². The maximum atomic E-state index is 12.3. The number of carbonyl (C=O) groups is 1. The zero-order chi connectivity index (χ0) is 15.9. The summed E-state index contributed by atoms with van der Waals surface area (Å²) in [6.07, 6.45) is -2.31. The number of alkyl halides is 3. The summed E-state index contributed by atoms with van der Waals surface area (Å²) in [5.74, 6) is 0.450. The summed E-state index contributed by atoms with van der Waals surface area (Å²) in [4.78, 5) is 13.0. The number of halogens is 3. The Kier molecular flexibility index (Phi) is 7.45. The van der Waals surface area contributed by atoms with E-state index >= 15 is 0 Å². The van der Waals surface area contributed by atoms with Crippen LogP contribution in [0.25, 0.3) is 0 Å². The topological polar surface area (TPSA) is 44.4 Å². The van der Waals surface area contributed by atoms with E-state index in [1.807, 2.05) is 13.8 Å². The van der Waals surface area contributed by atoms with Crippen molar-refractivity contribution in [2.24, 2.45) is 5.92 Å². The molecule has 1 fully saturated rings. The van der Waals surface area contributed by atoms with Crippen LogP contribution in [0.4, 0.5) is 13.2 Å². The number of hydrogen-bond acceptors (Lipinski definition) is 3. The van der Waals surface area contributed by atoms with E-state index in [2.05, 4.69) is 10.6 Å². The number of nitrogens with zero attached hydrogens (tertiary/aromatic N) is 1. The van der Waals surface area contributed by atoms with Gasteiger partial charge in [-0.15, -0.1) is 0 Å². The Morgan fingerprint density at radius 3 is 2.43 bits per heavy atom. The second kappa shape index (κ2) is 8.58. The normalized spacial score (nSPS) is 18.2. The van der Waals surface area contributed by atoms with Gasteiger partial charge in [0.1, 0.15) is 0 Å². The molecule has 0 bridgehead atoms. The zero-order valence-corrected chi connectivity index (χ0v) is 12.8. The lowest BCUT2D eigenvalue weighted by Gasteiger charge is -2.32. The maximum absolute atomic E-state index is 12.3. The van der Waals surface area contributed by atoms with Gasteiger partial charge in [0, 0.05) is 25.6 Å². The minimum atomic E-state index is -4.12. The highest BCUT2D eigenvalue weighted by atomic mass is 19.4. The fraction of sp³-hybridized carbons (Fsp3) is 0.929. The smallest absolute Gasteiger partial charge is 0.356 e. The Morgan fingerprint density at radius 1 is 1.29 bits per heavy atom. The van der Waals surface area contributed by atoms with Crippen molar-refractivity contribution in [2.75, 3.05) is 32.7 Å². The van der Waals surface area contributed by atoms with Crippen molar-refractivity contribution in [1.29, 1.82) is 0 Å². The largest absolute Gasteiger partial charge is 0.401 e. The van der Waals surface area contributed by atoms with Gasteiger partial charge in [-0.2, -0.15) is 13.2 Å². The quantitative estimate of drug-likeness (QED) is 0.753. The summed E-state index contributed by atoms with van der Waals surface area (Å²) in [6.45, 7) is 5.41. The number of piperidine rings is 1. The molecule has 0 aromatic carbocycles. The van der Waals surface area contributed by atoms with E-state index < -0.39 is 12.7 Å². The highest BCUT2D eigenvalue weighted by molar-refractivity contribution is 5.76. The van der Waals surface area contributed by atoms with Crippen molar-refractivity contribution in [2.45, 2.75) is 45.3 Å². The third kappa shape index (κ3) is 8.93. The molecule has 124 valence electrons. The second-order valence-corrected chi connectivity index (χ2v) is 6.07.